The molecule has 2 rings (SSSR count). The maximum absolute atomic E-state index is 12.6. The number of rotatable bonds is 7. The summed E-state index contributed by atoms with van der Waals surface area (Å²) >= 11 is 3.45. The molecule has 0 saturated carbocycles. The first-order chi connectivity index (χ1) is 11.5. The predicted molar refractivity (Wildman–Crippen MR) is 105 cm³/mol. The number of halogens is 2. The van der Waals surface area contributed by atoms with Crippen LogP contribution in [0.1, 0.15) is 12.0 Å². The van der Waals surface area contributed by atoms with E-state index in [0.29, 0.717) is 26.2 Å². The average molecular weight is 434 g/mol. The van der Waals surface area contributed by atoms with Gasteiger partial charge in [-0.15, -0.1) is 12.4 Å². The SMILES string of the molecule is CN(C)CCNC(=O)CC1NCCN(Cc2cccc(Br)c2)C1=O.Cl. The van der Waals surface area contributed by atoms with E-state index in [1.54, 1.807) is 0 Å². The van der Waals surface area contributed by atoms with E-state index in [9.17, 15) is 9.59 Å². The molecule has 1 unspecified atom stereocenters. The van der Waals surface area contributed by atoms with Gasteiger partial charge in [-0.3, -0.25) is 9.59 Å². The highest BCUT2D eigenvalue weighted by Gasteiger charge is 2.29. The molecule has 8 heteroatoms. The number of nitrogens with one attached hydrogen (secondary N) is 2. The molecule has 0 aliphatic carbocycles. The lowest BCUT2D eigenvalue weighted by atomic mass is 10.1. The molecule has 1 aliphatic heterocycles. The molecule has 1 fully saturated rings. The number of hydrogen-bond acceptors (Lipinski definition) is 4. The van der Waals surface area contributed by atoms with Crippen LogP contribution in [-0.2, 0) is 16.1 Å². The van der Waals surface area contributed by atoms with Crippen LogP contribution >= 0.6 is 28.3 Å². The Morgan fingerprint density at radius 3 is 2.88 bits per heavy atom. The second kappa shape index (κ2) is 10.8. The fraction of sp³-hybridized carbons (Fsp3) is 0.529. The van der Waals surface area contributed by atoms with Gasteiger partial charge in [-0.25, -0.2) is 0 Å². The molecule has 2 N–H and O–H groups in total. The van der Waals surface area contributed by atoms with Crippen LogP contribution in [0.4, 0.5) is 0 Å². The molecule has 1 saturated heterocycles. The Hall–Kier alpha value is -1.15. The molecule has 25 heavy (non-hydrogen) atoms. The third-order valence-corrected chi connectivity index (χ3v) is 4.41. The second-order valence-electron chi connectivity index (χ2n) is 6.25. The normalized spacial score (nSPS) is 17.4. The number of nitrogens with zero attached hydrogens (tertiary/aromatic N) is 2. The number of benzene rings is 1. The van der Waals surface area contributed by atoms with Crippen LogP contribution in [0.15, 0.2) is 28.7 Å². The van der Waals surface area contributed by atoms with E-state index in [-0.39, 0.29) is 30.6 Å². The number of carbonyl (C=O) groups excluding carboxylic acids is 2. The molecule has 1 atom stereocenters. The largest absolute Gasteiger partial charge is 0.355 e. The number of hydrogen-bond donors (Lipinski definition) is 2. The zero-order chi connectivity index (χ0) is 17.5. The first kappa shape index (κ1) is 21.9. The van der Waals surface area contributed by atoms with Crippen molar-refractivity contribution in [2.45, 2.75) is 19.0 Å². The lowest BCUT2D eigenvalue weighted by Gasteiger charge is -2.33. The van der Waals surface area contributed by atoms with Gasteiger partial charge in [0.25, 0.3) is 0 Å². The molecular formula is C17H26BrClN4O2. The topological polar surface area (TPSA) is 64.7 Å². The van der Waals surface area contributed by atoms with Crippen LogP contribution in [0.3, 0.4) is 0 Å². The van der Waals surface area contributed by atoms with Gasteiger partial charge >= 0.3 is 0 Å². The fourth-order valence-corrected chi connectivity index (χ4v) is 3.09. The van der Waals surface area contributed by atoms with Gasteiger partial charge in [0, 0.05) is 37.2 Å². The van der Waals surface area contributed by atoms with Gasteiger partial charge in [-0.05, 0) is 31.8 Å². The molecule has 6 nitrogen and oxygen atoms in total. The van der Waals surface area contributed by atoms with Crippen molar-refractivity contribution in [2.24, 2.45) is 0 Å². The standard InChI is InChI=1S/C17H25BrN4O2.ClH/c1-21(2)8-6-20-16(23)11-15-17(24)22(9-7-19-15)12-13-4-3-5-14(18)10-13;/h3-5,10,15,19H,6-9,11-12H2,1-2H3,(H,20,23);1H. The van der Waals surface area contributed by atoms with Gasteiger partial charge in [0.2, 0.25) is 11.8 Å². The first-order valence-corrected chi connectivity index (χ1v) is 8.93. The summed E-state index contributed by atoms with van der Waals surface area (Å²) in [6.07, 6.45) is 0.182. The van der Waals surface area contributed by atoms with Gasteiger partial charge in [0.1, 0.15) is 0 Å². The van der Waals surface area contributed by atoms with E-state index < -0.39 is 6.04 Å². The van der Waals surface area contributed by atoms with E-state index in [1.165, 1.54) is 0 Å². The molecule has 2 amide bonds. The molecule has 1 aromatic rings. The van der Waals surface area contributed by atoms with Crippen LogP contribution in [0.5, 0.6) is 0 Å². The Morgan fingerprint density at radius 1 is 1.44 bits per heavy atom. The summed E-state index contributed by atoms with van der Waals surface area (Å²) < 4.78 is 0.999. The summed E-state index contributed by atoms with van der Waals surface area (Å²) in [4.78, 5) is 28.4. The van der Waals surface area contributed by atoms with Gasteiger partial charge < -0.3 is 20.4 Å². The zero-order valence-electron chi connectivity index (χ0n) is 14.6. The van der Waals surface area contributed by atoms with Crippen molar-refractivity contribution in [2.75, 3.05) is 40.3 Å². The van der Waals surface area contributed by atoms with Gasteiger partial charge in [0.15, 0.2) is 0 Å². The van der Waals surface area contributed by atoms with Gasteiger partial charge in [0.05, 0.1) is 12.5 Å². The second-order valence-corrected chi connectivity index (χ2v) is 7.17. The Balaban J connectivity index is 0.00000312. The van der Waals surface area contributed by atoms with Crippen molar-refractivity contribution >= 4 is 40.2 Å². The summed E-state index contributed by atoms with van der Waals surface area (Å²) in [5.41, 5.74) is 1.08. The minimum Gasteiger partial charge on any atom is -0.355 e. The van der Waals surface area contributed by atoms with Crippen LogP contribution in [0, 0.1) is 0 Å². The zero-order valence-corrected chi connectivity index (χ0v) is 17.0. The molecule has 0 aromatic heterocycles. The Morgan fingerprint density at radius 2 is 2.20 bits per heavy atom. The van der Waals surface area contributed by atoms with Crippen molar-refractivity contribution in [1.29, 1.82) is 0 Å². The first-order valence-electron chi connectivity index (χ1n) is 8.14. The van der Waals surface area contributed by atoms with E-state index in [1.807, 2.05) is 48.2 Å². The molecule has 1 aromatic carbocycles. The van der Waals surface area contributed by atoms with Crippen LogP contribution < -0.4 is 10.6 Å². The van der Waals surface area contributed by atoms with Gasteiger partial charge in [-0.1, -0.05) is 28.1 Å². The Kier molecular flexibility index (Phi) is 9.42. The average Bonchev–Trinajstić information content (AvgIpc) is 2.51. The summed E-state index contributed by atoms with van der Waals surface area (Å²) in [5, 5.41) is 6.01. The van der Waals surface area contributed by atoms with E-state index in [4.69, 9.17) is 0 Å². The lowest BCUT2D eigenvalue weighted by Crippen LogP contribution is -2.56. The Labute approximate surface area is 163 Å². The van der Waals surface area contributed by atoms with Crippen molar-refractivity contribution in [3.63, 3.8) is 0 Å². The number of carbonyl (C=O) groups is 2. The molecule has 0 spiro atoms. The van der Waals surface area contributed by atoms with Gasteiger partial charge in [-0.2, -0.15) is 0 Å². The maximum Gasteiger partial charge on any atom is 0.240 e. The van der Waals surface area contributed by atoms with Crippen molar-refractivity contribution in [1.82, 2.24) is 20.4 Å². The molecule has 0 radical (unpaired) electrons. The molecule has 0 bridgehead atoms. The van der Waals surface area contributed by atoms with Crippen LogP contribution in [-0.4, -0.2) is 67.9 Å². The van der Waals surface area contributed by atoms with Crippen molar-refractivity contribution in [3.8, 4) is 0 Å². The quantitative estimate of drug-likeness (QED) is 0.679. The summed E-state index contributed by atoms with van der Waals surface area (Å²) in [5.74, 6) is -0.101. The predicted octanol–water partition coefficient (Wildman–Crippen LogP) is 1.24. The monoisotopic (exact) mass is 432 g/mol. The van der Waals surface area contributed by atoms with E-state index in [0.717, 1.165) is 16.6 Å². The summed E-state index contributed by atoms with van der Waals surface area (Å²) in [6, 6.07) is 7.50. The number of amides is 2. The third kappa shape index (κ3) is 7.32. The fourth-order valence-electron chi connectivity index (χ4n) is 2.64. The van der Waals surface area contributed by atoms with Crippen molar-refractivity contribution < 1.29 is 9.59 Å². The minimum absolute atomic E-state index is 0. The number of likely N-dealkylation sites (N-methyl/N-ethyl adjacent to an activating group) is 1. The molecule has 140 valence electrons. The Bertz CT molecular complexity index is 586. The third-order valence-electron chi connectivity index (χ3n) is 3.92. The highest BCUT2D eigenvalue weighted by Crippen LogP contribution is 2.15. The highest BCUT2D eigenvalue weighted by molar-refractivity contribution is 9.10. The van der Waals surface area contributed by atoms with Crippen LogP contribution in [0.2, 0.25) is 0 Å². The lowest BCUT2D eigenvalue weighted by molar-refractivity contribution is -0.138. The molecule has 1 aliphatic rings. The molecule has 1 heterocycles. The minimum atomic E-state index is -0.440. The van der Waals surface area contributed by atoms with Crippen molar-refractivity contribution in [3.05, 3.63) is 34.3 Å². The summed E-state index contributed by atoms with van der Waals surface area (Å²) in [6.45, 7) is 3.31. The van der Waals surface area contributed by atoms with E-state index in [2.05, 4.69) is 26.6 Å². The van der Waals surface area contributed by atoms with Crippen LogP contribution in [0.25, 0.3) is 0 Å². The maximum atomic E-state index is 12.6. The smallest absolute Gasteiger partial charge is 0.240 e. The molecular weight excluding hydrogens is 408 g/mol. The highest BCUT2D eigenvalue weighted by atomic mass is 79.9. The van der Waals surface area contributed by atoms with E-state index >= 15 is 0 Å². The summed E-state index contributed by atoms with van der Waals surface area (Å²) in [7, 11) is 3.91. The number of piperazine rings is 1.